The molecule has 0 atom stereocenters. The van der Waals surface area contributed by atoms with Crippen molar-refractivity contribution in [3.8, 4) is 0 Å². The van der Waals surface area contributed by atoms with Gasteiger partial charge >= 0.3 is 0 Å². The number of rotatable bonds is 4. The van der Waals surface area contributed by atoms with Crippen LogP contribution in [0.4, 0.5) is 5.95 Å². The van der Waals surface area contributed by atoms with E-state index >= 15 is 0 Å². The number of hydrogen-bond donors (Lipinski definition) is 1. The Morgan fingerprint density at radius 3 is 2.62 bits per heavy atom. The minimum Gasteiger partial charge on any atom is -0.369 e. The van der Waals surface area contributed by atoms with Gasteiger partial charge in [0.15, 0.2) is 0 Å². The predicted octanol–water partition coefficient (Wildman–Crippen LogP) is 2.83. The standard InChI is InChI=1S/C16H21N5/c1-11-5-6-15-14(9-11)18-16(17)20(15)7-4-8-21-13(3)10-12(2)19-21/h5-6,9-10H,4,7-8H2,1-3H3,(H2,17,18). The van der Waals surface area contributed by atoms with Gasteiger partial charge in [-0.1, -0.05) is 6.07 Å². The molecule has 0 amide bonds. The van der Waals surface area contributed by atoms with Gasteiger partial charge < -0.3 is 10.3 Å². The molecule has 0 spiro atoms. The zero-order valence-corrected chi connectivity index (χ0v) is 12.8. The Hall–Kier alpha value is -2.30. The third-order valence-electron chi connectivity index (χ3n) is 3.79. The molecular weight excluding hydrogens is 262 g/mol. The summed E-state index contributed by atoms with van der Waals surface area (Å²) in [5.74, 6) is 0.587. The minimum atomic E-state index is 0.587. The van der Waals surface area contributed by atoms with Gasteiger partial charge in [-0.2, -0.15) is 5.10 Å². The van der Waals surface area contributed by atoms with Crippen molar-refractivity contribution in [2.24, 2.45) is 0 Å². The Bertz CT molecular complexity index is 781. The quantitative estimate of drug-likeness (QED) is 0.801. The smallest absolute Gasteiger partial charge is 0.201 e. The lowest BCUT2D eigenvalue weighted by Gasteiger charge is -2.08. The summed E-state index contributed by atoms with van der Waals surface area (Å²) in [5, 5.41) is 4.49. The van der Waals surface area contributed by atoms with E-state index in [1.54, 1.807) is 0 Å². The lowest BCUT2D eigenvalue weighted by molar-refractivity contribution is 0.523. The van der Waals surface area contributed by atoms with Gasteiger partial charge in [0.1, 0.15) is 0 Å². The Labute approximate surface area is 124 Å². The molecule has 5 heteroatoms. The molecule has 0 aliphatic rings. The van der Waals surface area contributed by atoms with Gasteiger partial charge in [0.25, 0.3) is 0 Å². The molecule has 0 unspecified atom stereocenters. The predicted molar refractivity (Wildman–Crippen MR) is 85.2 cm³/mol. The van der Waals surface area contributed by atoms with Crippen LogP contribution in [0.15, 0.2) is 24.3 Å². The lowest BCUT2D eigenvalue weighted by Crippen LogP contribution is -2.08. The van der Waals surface area contributed by atoms with Gasteiger partial charge in [0, 0.05) is 18.8 Å². The van der Waals surface area contributed by atoms with E-state index in [2.05, 4.69) is 57.4 Å². The zero-order chi connectivity index (χ0) is 15.0. The maximum atomic E-state index is 6.05. The van der Waals surface area contributed by atoms with Crippen LogP contribution >= 0.6 is 0 Å². The SMILES string of the molecule is Cc1ccc2c(c1)nc(N)n2CCCn1nc(C)cc1C. The van der Waals surface area contributed by atoms with Crippen LogP contribution in [0.2, 0.25) is 0 Å². The molecule has 0 aliphatic heterocycles. The average Bonchev–Trinajstić information content (AvgIpc) is 2.89. The first-order chi connectivity index (χ1) is 10.0. The molecule has 0 saturated carbocycles. The fourth-order valence-corrected chi connectivity index (χ4v) is 2.77. The van der Waals surface area contributed by atoms with Crippen LogP contribution in [0.25, 0.3) is 11.0 Å². The summed E-state index contributed by atoms with van der Waals surface area (Å²) in [6.45, 7) is 7.92. The molecule has 0 aliphatic carbocycles. The second-order valence-corrected chi connectivity index (χ2v) is 5.62. The Kier molecular flexibility index (Phi) is 3.41. The third-order valence-corrected chi connectivity index (χ3v) is 3.79. The molecular formula is C16H21N5. The van der Waals surface area contributed by atoms with E-state index in [9.17, 15) is 0 Å². The number of nitrogens with two attached hydrogens (primary N) is 1. The summed E-state index contributed by atoms with van der Waals surface area (Å²) in [7, 11) is 0. The summed E-state index contributed by atoms with van der Waals surface area (Å²) in [4.78, 5) is 4.44. The number of nitrogens with zero attached hydrogens (tertiary/aromatic N) is 4. The highest BCUT2D eigenvalue weighted by atomic mass is 15.3. The molecule has 2 heterocycles. The van der Waals surface area contributed by atoms with E-state index in [1.807, 2.05) is 6.92 Å². The number of imidazole rings is 1. The molecule has 0 saturated heterocycles. The lowest BCUT2D eigenvalue weighted by atomic mass is 10.2. The average molecular weight is 283 g/mol. The van der Waals surface area contributed by atoms with Crippen molar-refractivity contribution in [1.82, 2.24) is 19.3 Å². The summed E-state index contributed by atoms with van der Waals surface area (Å²) in [6.07, 6.45) is 0.978. The Morgan fingerprint density at radius 1 is 1.10 bits per heavy atom. The molecule has 110 valence electrons. The van der Waals surface area contributed by atoms with E-state index in [1.165, 1.54) is 11.3 Å². The van der Waals surface area contributed by atoms with E-state index in [4.69, 9.17) is 5.73 Å². The van der Waals surface area contributed by atoms with Gasteiger partial charge in [-0.25, -0.2) is 4.98 Å². The second-order valence-electron chi connectivity index (χ2n) is 5.62. The van der Waals surface area contributed by atoms with Crippen LogP contribution in [0.3, 0.4) is 0 Å². The first-order valence-electron chi connectivity index (χ1n) is 7.28. The van der Waals surface area contributed by atoms with E-state index in [-0.39, 0.29) is 0 Å². The van der Waals surface area contributed by atoms with E-state index in [0.717, 1.165) is 36.2 Å². The first kappa shape index (κ1) is 13.7. The van der Waals surface area contributed by atoms with Crippen molar-refractivity contribution in [3.05, 3.63) is 41.2 Å². The molecule has 21 heavy (non-hydrogen) atoms. The fourth-order valence-electron chi connectivity index (χ4n) is 2.77. The van der Waals surface area contributed by atoms with Gasteiger partial charge in [-0.05, 0) is 51.0 Å². The number of aryl methyl sites for hydroxylation is 5. The normalized spacial score (nSPS) is 11.4. The second kappa shape index (κ2) is 5.24. The molecule has 5 nitrogen and oxygen atoms in total. The fraction of sp³-hybridized carbons (Fsp3) is 0.375. The van der Waals surface area contributed by atoms with Crippen LogP contribution in [-0.4, -0.2) is 19.3 Å². The Morgan fingerprint density at radius 2 is 1.90 bits per heavy atom. The molecule has 0 bridgehead atoms. The van der Waals surface area contributed by atoms with Crippen LogP contribution in [0, 0.1) is 20.8 Å². The highest BCUT2D eigenvalue weighted by Crippen LogP contribution is 2.19. The monoisotopic (exact) mass is 283 g/mol. The number of nitrogen functional groups attached to an aromatic ring is 1. The highest BCUT2D eigenvalue weighted by Gasteiger charge is 2.08. The van der Waals surface area contributed by atoms with E-state index in [0.29, 0.717) is 5.95 Å². The number of fused-ring (bicyclic) bond motifs is 1. The van der Waals surface area contributed by atoms with Crippen molar-refractivity contribution in [1.29, 1.82) is 0 Å². The highest BCUT2D eigenvalue weighted by molar-refractivity contribution is 5.79. The summed E-state index contributed by atoms with van der Waals surface area (Å²) in [6, 6.07) is 8.37. The van der Waals surface area contributed by atoms with Crippen LogP contribution < -0.4 is 5.73 Å². The molecule has 2 aromatic heterocycles. The molecule has 0 fully saturated rings. The first-order valence-corrected chi connectivity index (χ1v) is 7.28. The van der Waals surface area contributed by atoms with Crippen molar-refractivity contribution < 1.29 is 0 Å². The summed E-state index contributed by atoms with van der Waals surface area (Å²) in [5.41, 5.74) is 11.6. The van der Waals surface area contributed by atoms with Gasteiger partial charge in [0.05, 0.1) is 16.7 Å². The maximum absolute atomic E-state index is 6.05. The number of hydrogen-bond acceptors (Lipinski definition) is 3. The zero-order valence-electron chi connectivity index (χ0n) is 12.8. The summed E-state index contributed by atoms with van der Waals surface area (Å²) < 4.78 is 4.13. The maximum Gasteiger partial charge on any atom is 0.201 e. The number of aromatic nitrogens is 4. The molecule has 2 N–H and O–H groups in total. The van der Waals surface area contributed by atoms with E-state index < -0.39 is 0 Å². The molecule has 1 aromatic carbocycles. The van der Waals surface area contributed by atoms with Crippen LogP contribution in [0.1, 0.15) is 23.4 Å². The van der Waals surface area contributed by atoms with Crippen molar-refractivity contribution >= 4 is 17.0 Å². The molecule has 3 aromatic rings. The Balaban J connectivity index is 1.76. The topological polar surface area (TPSA) is 61.7 Å². The van der Waals surface area contributed by atoms with Gasteiger partial charge in [-0.15, -0.1) is 0 Å². The van der Waals surface area contributed by atoms with Crippen LogP contribution in [-0.2, 0) is 13.1 Å². The van der Waals surface area contributed by atoms with Gasteiger partial charge in [-0.3, -0.25) is 4.68 Å². The van der Waals surface area contributed by atoms with Gasteiger partial charge in [0.2, 0.25) is 5.95 Å². The van der Waals surface area contributed by atoms with Crippen molar-refractivity contribution in [3.63, 3.8) is 0 Å². The molecule has 3 rings (SSSR count). The third kappa shape index (κ3) is 2.63. The summed E-state index contributed by atoms with van der Waals surface area (Å²) >= 11 is 0. The number of anilines is 1. The van der Waals surface area contributed by atoms with Crippen molar-refractivity contribution in [2.45, 2.75) is 40.3 Å². The largest absolute Gasteiger partial charge is 0.369 e. The number of benzene rings is 1. The van der Waals surface area contributed by atoms with Crippen LogP contribution in [0.5, 0.6) is 0 Å². The minimum absolute atomic E-state index is 0.587. The molecule has 0 radical (unpaired) electrons. The van der Waals surface area contributed by atoms with Crippen molar-refractivity contribution in [2.75, 3.05) is 5.73 Å².